The van der Waals surface area contributed by atoms with Crippen molar-refractivity contribution in [1.82, 2.24) is 10.0 Å². The van der Waals surface area contributed by atoms with Crippen molar-refractivity contribution in [2.45, 2.75) is 44.2 Å². The third kappa shape index (κ3) is 6.98. The van der Waals surface area contributed by atoms with Crippen molar-refractivity contribution in [2.24, 2.45) is 0 Å². The van der Waals surface area contributed by atoms with Gasteiger partial charge in [-0.1, -0.05) is 0 Å². The molecule has 130 valence electrons. The normalized spacial score (nSPS) is 12.9. The summed E-state index contributed by atoms with van der Waals surface area (Å²) in [6, 6.07) is 5.46. The fraction of sp³-hybridized carbons (Fsp3) is 0.533. The number of nitrogens with one attached hydrogen (secondary N) is 3. The molecule has 3 N–H and O–H groups in total. The third-order valence-electron chi connectivity index (χ3n) is 2.95. The summed E-state index contributed by atoms with van der Waals surface area (Å²) in [6.45, 7) is 5.95. The first kappa shape index (κ1) is 19.4. The summed E-state index contributed by atoms with van der Waals surface area (Å²) in [6.07, 6.45) is 0.710. The van der Waals surface area contributed by atoms with Gasteiger partial charge in [0.1, 0.15) is 0 Å². The van der Waals surface area contributed by atoms with Crippen LogP contribution in [-0.4, -0.2) is 40.2 Å². The highest BCUT2D eigenvalue weighted by molar-refractivity contribution is 7.89. The maximum absolute atomic E-state index is 12.0. The van der Waals surface area contributed by atoms with Gasteiger partial charge in [-0.25, -0.2) is 17.9 Å². The van der Waals surface area contributed by atoms with E-state index in [0.717, 1.165) is 0 Å². The van der Waals surface area contributed by atoms with Crippen LogP contribution in [-0.2, 0) is 14.8 Å². The lowest BCUT2D eigenvalue weighted by molar-refractivity contribution is 0.185. The Kier molecular flexibility index (Phi) is 7.47. The van der Waals surface area contributed by atoms with Gasteiger partial charge in [0.2, 0.25) is 10.0 Å². The van der Waals surface area contributed by atoms with Gasteiger partial charge in [0.25, 0.3) is 0 Å². The van der Waals surface area contributed by atoms with Crippen molar-refractivity contribution in [3.05, 3.63) is 24.3 Å². The molecule has 0 spiro atoms. The second kappa shape index (κ2) is 8.85. The molecule has 1 aromatic carbocycles. The molecule has 0 radical (unpaired) electrons. The van der Waals surface area contributed by atoms with Crippen LogP contribution in [0, 0.1) is 0 Å². The molecule has 0 bridgehead atoms. The lowest BCUT2D eigenvalue weighted by atomic mass is 10.2. The minimum absolute atomic E-state index is 0.0233. The maximum atomic E-state index is 12.0. The number of anilines is 1. The van der Waals surface area contributed by atoms with Gasteiger partial charge in [0.15, 0.2) is 0 Å². The van der Waals surface area contributed by atoms with Crippen molar-refractivity contribution in [3.8, 4) is 0 Å². The molecule has 1 atom stereocenters. The van der Waals surface area contributed by atoms with Crippen LogP contribution >= 0.6 is 0 Å². The van der Waals surface area contributed by atoms with E-state index in [1.165, 1.54) is 12.1 Å². The van der Waals surface area contributed by atoms with Crippen LogP contribution < -0.4 is 15.4 Å². The molecule has 0 aliphatic heterocycles. The first-order valence-corrected chi connectivity index (χ1v) is 8.91. The first-order valence-electron chi connectivity index (χ1n) is 7.43. The minimum Gasteiger partial charge on any atom is -0.385 e. The van der Waals surface area contributed by atoms with E-state index in [1.807, 2.05) is 6.92 Å². The number of rotatable bonds is 8. The Morgan fingerprint density at radius 3 is 2.30 bits per heavy atom. The number of amides is 2. The van der Waals surface area contributed by atoms with Crippen LogP contribution in [0.25, 0.3) is 0 Å². The lowest BCUT2D eigenvalue weighted by Gasteiger charge is -2.14. The Labute approximate surface area is 137 Å². The standard InChI is InChI=1S/C15H25N3O4S/c1-11(2)18-23(20,21)14-7-5-13(6-8-14)17-15(19)16-12(3)9-10-22-4/h5-8,11-12,18H,9-10H2,1-4H3,(H2,16,17,19)/t12-/m1/s1. The van der Waals surface area contributed by atoms with Crippen LogP contribution in [0.4, 0.5) is 10.5 Å². The smallest absolute Gasteiger partial charge is 0.319 e. The lowest BCUT2D eigenvalue weighted by Crippen LogP contribution is -2.36. The Morgan fingerprint density at radius 2 is 1.78 bits per heavy atom. The van der Waals surface area contributed by atoms with Crippen molar-refractivity contribution in [2.75, 3.05) is 19.0 Å². The summed E-state index contributed by atoms with van der Waals surface area (Å²) in [5, 5.41) is 5.44. The summed E-state index contributed by atoms with van der Waals surface area (Å²) in [5.74, 6) is 0. The molecule has 0 aliphatic rings. The van der Waals surface area contributed by atoms with E-state index in [2.05, 4.69) is 15.4 Å². The third-order valence-corrected chi connectivity index (χ3v) is 4.62. The zero-order valence-electron chi connectivity index (χ0n) is 13.9. The molecule has 0 unspecified atom stereocenters. The van der Waals surface area contributed by atoms with E-state index < -0.39 is 10.0 Å². The molecule has 0 aliphatic carbocycles. The maximum Gasteiger partial charge on any atom is 0.319 e. The first-order chi connectivity index (χ1) is 10.7. The molecule has 1 aromatic rings. The molecule has 1 rings (SSSR count). The highest BCUT2D eigenvalue weighted by Crippen LogP contribution is 2.14. The molecule has 8 heteroatoms. The average Bonchev–Trinajstić information content (AvgIpc) is 2.44. The van der Waals surface area contributed by atoms with E-state index in [4.69, 9.17) is 4.74 Å². The molecule has 0 fully saturated rings. The summed E-state index contributed by atoms with van der Waals surface area (Å²) < 4.78 is 31.5. The summed E-state index contributed by atoms with van der Waals surface area (Å²) in [7, 11) is -1.92. The number of benzene rings is 1. The highest BCUT2D eigenvalue weighted by Gasteiger charge is 2.15. The Balaban J connectivity index is 2.62. The van der Waals surface area contributed by atoms with E-state index in [0.29, 0.717) is 18.7 Å². The molecule has 23 heavy (non-hydrogen) atoms. The summed E-state index contributed by atoms with van der Waals surface area (Å²) in [5.41, 5.74) is 0.518. The van der Waals surface area contributed by atoms with Crippen molar-refractivity contribution in [1.29, 1.82) is 0 Å². The van der Waals surface area contributed by atoms with Gasteiger partial charge < -0.3 is 15.4 Å². The van der Waals surface area contributed by atoms with E-state index in [-0.39, 0.29) is 23.0 Å². The van der Waals surface area contributed by atoms with Gasteiger partial charge in [0, 0.05) is 31.5 Å². The summed E-state index contributed by atoms with van der Waals surface area (Å²) in [4.78, 5) is 12.0. The monoisotopic (exact) mass is 343 g/mol. The molecule has 7 nitrogen and oxygen atoms in total. The van der Waals surface area contributed by atoms with Gasteiger partial charge >= 0.3 is 6.03 Å². The molecular formula is C15H25N3O4S. The quantitative estimate of drug-likeness (QED) is 0.672. The van der Waals surface area contributed by atoms with Crippen LogP contribution in [0.1, 0.15) is 27.2 Å². The Morgan fingerprint density at radius 1 is 1.17 bits per heavy atom. The molecule has 0 saturated heterocycles. The largest absolute Gasteiger partial charge is 0.385 e. The van der Waals surface area contributed by atoms with E-state index in [1.54, 1.807) is 33.1 Å². The minimum atomic E-state index is -3.53. The number of methoxy groups -OCH3 is 1. The van der Waals surface area contributed by atoms with Gasteiger partial charge in [-0.15, -0.1) is 0 Å². The SMILES string of the molecule is COCC[C@@H](C)NC(=O)Nc1ccc(S(=O)(=O)NC(C)C)cc1. The van der Waals surface area contributed by atoms with Crippen molar-refractivity contribution in [3.63, 3.8) is 0 Å². The number of hydrogen-bond donors (Lipinski definition) is 3. The number of carbonyl (C=O) groups excluding carboxylic acids is 1. The topological polar surface area (TPSA) is 96.5 Å². The molecule has 0 heterocycles. The Bertz CT molecular complexity index is 600. The van der Waals surface area contributed by atoms with Gasteiger partial charge in [-0.05, 0) is 51.5 Å². The molecular weight excluding hydrogens is 318 g/mol. The van der Waals surface area contributed by atoms with Crippen molar-refractivity contribution >= 4 is 21.7 Å². The molecule has 0 saturated carbocycles. The Hall–Kier alpha value is -1.64. The van der Waals surface area contributed by atoms with E-state index in [9.17, 15) is 13.2 Å². The fourth-order valence-electron chi connectivity index (χ4n) is 1.85. The van der Waals surface area contributed by atoms with Crippen molar-refractivity contribution < 1.29 is 17.9 Å². The van der Waals surface area contributed by atoms with Crippen LogP contribution in [0.3, 0.4) is 0 Å². The number of hydrogen-bond acceptors (Lipinski definition) is 4. The average molecular weight is 343 g/mol. The molecule has 2 amide bonds. The van der Waals surface area contributed by atoms with Crippen LogP contribution in [0.15, 0.2) is 29.2 Å². The van der Waals surface area contributed by atoms with Crippen LogP contribution in [0.2, 0.25) is 0 Å². The second-order valence-corrected chi connectivity index (χ2v) is 7.30. The number of sulfonamides is 1. The second-order valence-electron chi connectivity index (χ2n) is 5.58. The zero-order valence-corrected chi connectivity index (χ0v) is 14.7. The predicted octanol–water partition coefficient (Wildman–Crippen LogP) is 1.92. The molecule has 0 aromatic heterocycles. The zero-order chi connectivity index (χ0) is 17.5. The highest BCUT2D eigenvalue weighted by atomic mass is 32.2. The van der Waals surface area contributed by atoms with E-state index >= 15 is 0 Å². The van der Waals surface area contributed by atoms with Crippen LogP contribution in [0.5, 0.6) is 0 Å². The number of urea groups is 1. The summed E-state index contributed by atoms with van der Waals surface area (Å²) >= 11 is 0. The van der Waals surface area contributed by atoms with Gasteiger partial charge in [-0.2, -0.15) is 0 Å². The predicted molar refractivity (Wildman–Crippen MR) is 90.0 cm³/mol. The fourth-order valence-corrected chi connectivity index (χ4v) is 3.10. The van der Waals surface area contributed by atoms with Gasteiger partial charge in [-0.3, -0.25) is 0 Å². The van der Waals surface area contributed by atoms with Gasteiger partial charge in [0.05, 0.1) is 4.90 Å². The number of ether oxygens (including phenoxy) is 1. The number of carbonyl (C=O) groups is 1.